The third-order valence-corrected chi connectivity index (χ3v) is 6.28. The van der Waals surface area contributed by atoms with Crippen molar-refractivity contribution in [3.63, 3.8) is 0 Å². The van der Waals surface area contributed by atoms with Gasteiger partial charge in [0.1, 0.15) is 5.75 Å². The largest absolute Gasteiger partial charge is 0.496 e. The quantitative estimate of drug-likeness (QED) is 0.527. The number of carbonyl (C=O) groups is 1. The minimum atomic E-state index is -0.158. The zero-order chi connectivity index (χ0) is 22.7. The van der Waals surface area contributed by atoms with Crippen LogP contribution in [0.5, 0.6) is 5.75 Å². The van der Waals surface area contributed by atoms with Crippen molar-refractivity contribution in [3.8, 4) is 17.0 Å². The fourth-order valence-corrected chi connectivity index (χ4v) is 4.65. The zero-order valence-corrected chi connectivity index (χ0v) is 19.4. The van der Waals surface area contributed by atoms with Crippen LogP contribution in [0.1, 0.15) is 42.0 Å². The van der Waals surface area contributed by atoms with Gasteiger partial charge in [0.05, 0.1) is 26.3 Å². The number of hydrogen-bond donors (Lipinski definition) is 0. The van der Waals surface area contributed by atoms with Crippen LogP contribution in [0, 0.1) is 13.8 Å². The van der Waals surface area contributed by atoms with E-state index in [1.54, 1.807) is 7.11 Å². The maximum Gasteiger partial charge on any atom is 0.306 e. The molecule has 0 saturated carbocycles. The number of pyridine rings is 2. The lowest BCUT2D eigenvalue weighted by Crippen LogP contribution is -2.36. The van der Waals surface area contributed by atoms with E-state index in [2.05, 4.69) is 43.0 Å². The first-order valence-corrected chi connectivity index (χ1v) is 11.2. The molecule has 168 valence electrons. The molecule has 0 spiro atoms. The molecule has 1 fully saturated rings. The van der Waals surface area contributed by atoms with E-state index in [-0.39, 0.29) is 5.97 Å². The number of fused-ring (bicyclic) bond motifs is 1. The number of aromatic nitrogens is 2. The van der Waals surface area contributed by atoms with E-state index in [0.29, 0.717) is 12.3 Å². The lowest BCUT2D eigenvalue weighted by atomic mass is 9.94. The van der Waals surface area contributed by atoms with Gasteiger partial charge < -0.3 is 14.4 Å². The average molecular weight is 434 g/mol. The number of nitrogens with zero attached hydrogens (tertiary/aromatic N) is 3. The van der Waals surface area contributed by atoms with Gasteiger partial charge in [-0.2, -0.15) is 0 Å². The topological polar surface area (TPSA) is 64.5 Å². The van der Waals surface area contributed by atoms with Gasteiger partial charge in [0.2, 0.25) is 0 Å². The minimum Gasteiger partial charge on any atom is -0.496 e. The van der Waals surface area contributed by atoms with Crippen LogP contribution >= 0.6 is 0 Å². The summed E-state index contributed by atoms with van der Waals surface area (Å²) in [5, 5.41) is 1.03. The average Bonchev–Trinajstić information content (AvgIpc) is 2.81. The van der Waals surface area contributed by atoms with E-state index in [0.717, 1.165) is 71.8 Å². The van der Waals surface area contributed by atoms with Crippen LogP contribution in [0.15, 0.2) is 36.4 Å². The summed E-state index contributed by atoms with van der Waals surface area (Å²) in [4.78, 5) is 23.7. The first kappa shape index (κ1) is 22.2. The smallest absolute Gasteiger partial charge is 0.306 e. The Morgan fingerprint density at radius 3 is 2.72 bits per heavy atom. The Kier molecular flexibility index (Phi) is 6.70. The molecule has 0 bridgehead atoms. The Morgan fingerprint density at radius 2 is 1.94 bits per heavy atom. The molecule has 1 atom stereocenters. The van der Waals surface area contributed by atoms with Crippen molar-refractivity contribution in [2.75, 3.05) is 33.9 Å². The predicted molar refractivity (Wildman–Crippen MR) is 126 cm³/mol. The summed E-state index contributed by atoms with van der Waals surface area (Å²) in [7, 11) is 3.14. The molecule has 0 aliphatic carbocycles. The van der Waals surface area contributed by atoms with Crippen molar-refractivity contribution >= 4 is 17.0 Å². The standard InChI is InChI=1S/C26H31N3O3/c1-17-14-18(2)25(23(15-17)31-3)22-10-8-19-7-9-21(27-26(19)28-22)20-6-5-12-29(16-20)13-11-24(30)32-4/h7-10,14-15,20H,5-6,11-13,16H2,1-4H3. The predicted octanol–water partition coefficient (Wildman–Crippen LogP) is 4.66. The van der Waals surface area contributed by atoms with Gasteiger partial charge in [0.25, 0.3) is 0 Å². The van der Waals surface area contributed by atoms with Crippen LogP contribution in [0.25, 0.3) is 22.3 Å². The molecule has 1 unspecified atom stereocenters. The number of aryl methyl sites for hydroxylation is 2. The number of piperidine rings is 1. The van der Waals surface area contributed by atoms with E-state index >= 15 is 0 Å². The highest BCUT2D eigenvalue weighted by molar-refractivity contribution is 5.81. The van der Waals surface area contributed by atoms with Crippen LogP contribution in [-0.4, -0.2) is 54.7 Å². The lowest BCUT2D eigenvalue weighted by molar-refractivity contribution is -0.141. The van der Waals surface area contributed by atoms with E-state index in [9.17, 15) is 4.79 Å². The van der Waals surface area contributed by atoms with E-state index in [1.807, 2.05) is 12.1 Å². The van der Waals surface area contributed by atoms with Crippen molar-refractivity contribution in [1.82, 2.24) is 14.9 Å². The first-order valence-electron chi connectivity index (χ1n) is 11.2. The van der Waals surface area contributed by atoms with Crippen LogP contribution < -0.4 is 4.74 Å². The first-order chi connectivity index (χ1) is 15.5. The molecule has 0 radical (unpaired) electrons. The molecule has 32 heavy (non-hydrogen) atoms. The third kappa shape index (κ3) is 4.75. The second kappa shape index (κ2) is 9.65. The van der Waals surface area contributed by atoms with Gasteiger partial charge in [-0.3, -0.25) is 4.79 Å². The Bertz CT molecular complexity index is 1130. The number of likely N-dealkylation sites (tertiary alicyclic amines) is 1. The molecule has 0 N–H and O–H groups in total. The van der Waals surface area contributed by atoms with Crippen molar-refractivity contribution in [2.24, 2.45) is 0 Å². The molecule has 0 amide bonds. The highest BCUT2D eigenvalue weighted by atomic mass is 16.5. The number of benzene rings is 1. The summed E-state index contributed by atoms with van der Waals surface area (Å²) in [6.07, 6.45) is 2.62. The molecule has 6 heteroatoms. The van der Waals surface area contributed by atoms with Crippen LogP contribution in [0.4, 0.5) is 0 Å². The molecule has 1 aromatic carbocycles. The molecular weight excluding hydrogens is 402 g/mol. The maximum absolute atomic E-state index is 11.5. The summed E-state index contributed by atoms with van der Waals surface area (Å²) in [6, 6.07) is 12.5. The van der Waals surface area contributed by atoms with Crippen molar-refractivity contribution < 1.29 is 14.3 Å². The second-order valence-corrected chi connectivity index (χ2v) is 8.60. The van der Waals surface area contributed by atoms with Crippen LogP contribution in [0.3, 0.4) is 0 Å². The van der Waals surface area contributed by atoms with Crippen LogP contribution in [-0.2, 0) is 9.53 Å². The highest BCUT2D eigenvalue weighted by Crippen LogP contribution is 2.34. The molecular formula is C26H31N3O3. The van der Waals surface area contributed by atoms with E-state index in [1.165, 1.54) is 12.7 Å². The van der Waals surface area contributed by atoms with Gasteiger partial charge in [-0.1, -0.05) is 6.07 Å². The van der Waals surface area contributed by atoms with Crippen molar-refractivity contribution in [2.45, 2.75) is 39.0 Å². The van der Waals surface area contributed by atoms with Gasteiger partial charge in [-0.25, -0.2) is 9.97 Å². The van der Waals surface area contributed by atoms with Crippen LogP contribution in [0.2, 0.25) is 0 Å². The Labute approximate surface area is 189 Å². The number of rotatable bonds is 6. The SMILES string of the molecule is COC(=O)CCN1CCCC(c2ccc3ccc(-c4c(C)cc(C)cc4OC)nc3n2)C1. The molecule has 1 saturated heterocycles. The molecule has 2 aromatic heterocycles. The number of hydrogen-bond acceptors (Lipinski definition) is 6. The molecule has 6 nitrogen and oxygen atoms in total. The maximum atomic E-state index is 11.5. The lowest BCUT2D eigenvalue weighted by Gasteiger charge is -2.32. The normalized spacial score (nSPS) is 16.8. The Hall–Kier alpha value is -2.99. The van der Waals surface area contributed by atoms with Gasteiger partial charge in [-0.15, -0.1) is 0 Å². The number of ether oxygens (including phenoxy) is 2. The number of carbonyl (C=O) groups excluding carboxylic acids is 1. The zero-order valence-electron chi connectivity index (χ0n) is 19.4. The minimum absolute atomic E-state index is 0.158. The molecule has 3 heterocycles. The molecule has 1 aliphatic rings. The Balaban J connectivity index is 1.61. The Morgan fingerprint density at radius 1 is 1.12 bits per heavy atom. The van der Waals surface area contributed by atoms with Gasteiger partial charge in [-0.05, 0) is 74.7 Å². The summed E-state index contributed by atoms with van der Waals surface area (Å²) in [6.45, 7) is 6.80. The molecule has 1 aliphatic heterocycles. The third-order valence-electron chi connectivity index (χ3n) is 6.28. The van der Waals surface area contributed by atoms with Crippen molar-refractivity contribution in [1.29, 1.82) is 0 Å². The monoisotopic (exact) mass is 433 g/mol. The van der Waals surface area contributed by atoms with E-state index < -0.39 is 0 Å². The molecule has 3 aromatic rings. The van der Waals surface area contributed by atoms with E-state index in [4.69, 9.17) is 19.4 Å². The number of methoxy groups -OCH3 is 2. The highest BCUT2D eigenvalue weighted by Gasteiger charge is 2.23. The van der Waals surface area contributed by atoms with Gasteiger partial charge >= 0.3 is 5.97 Å². The van der Waals surface area contributed by atoms with Crippen molar-refractivity contribution in [3.05, 3.63) is 53.2 Å². The summed E-state index contributed by atoms with van der Waals surface area (Å²) < 4.78 is 10.4. The van der Waals surface area contributed by atoms with Gasteiger partial charge in [0, 0.05) is 35.7 Å². The molecule has 4 rings (SSSR count). The fraction of sp³-hybridized carbons (Fsp3) is 0.423. The summed E-state index contributed by atoms with van der Waals surface area (Å²) in [5.41, 5.74) is 6.02. The second-order valence-electron chi connectivity index (χ2n) is 8.60. The number of esters is 1. The fourth-order valence-electron chi connectivity index (χ4n) is 4.65. The summed E-state index contributed by atoms with van der Waals surface area (Å²) in [5.74, 6) is 1.01. The summed E-state index contributed by atoms with van der Waals surface area (Å²) >= 11 is 0. The van der Waals surface area contributed by atoms with Gasteiger partial charge in [0.15, 0.2) is 5.65 Å².